The van der Waals surface area contributed by atoms with E-state index < -0.39 is 27.3 Å². The molecule has 0 N–H and O–H groups in total. The molecular weight excluding hydrogens is 389 g/mol. The van der Waals surface area contributed by atoms with Crippen molar-refractivity contribution in [1.82, 2.24) is 0 Å². The van der Waals surface area contributed by atoms with Crippen LogP contribution in [0, 0.1) is 0 Å². The lowest BCUT2D eigenvalue weighted by atomic mass is 10.0. The molecule has 0 saturated carbocycles. The molecule has 1 aromatic carbocycles. The van der Waals surface area contributed by atoms with Gasteiger partial charge in [0.2, 0.25) is 0 Å². The summed E-state index contributed by atoms with van der Waals surface area (Å²) in [6.07, 6.45) is 3.73. The van der Waals surface area contributed by atoms with Crippen molar-refractivity contribution in [2.75, 3.05) is 13.2 Å². The molecule has 10 heteroatoms. The second-order valence-corrected chi connectivity index (χ2v) is 7.14. The van der Waals surface area contributed by atoms with Crippen molar-refractivity contribution >= 4 is 21.7 Å². The summed E-state index contributed by atoms with van der Waals surface area (Å²) in [5, 5.41) is 0. The molecule has 1 aliphatic carbocycles. The zero-order valence-corrected chi connectivity index (χ0v) is 15.6. The second-order valence-electron chi connectivity index (χ2n) is 5.61. The Bertz CT molecular complexity index is 843. The van der Waals surface area contributed by atoms with Crippen molar-refractivity contribution in [3.05, 3.63) is 29.3 Å². The van der Waals surface area contributed by atoms with Crippen LogP contribution in [0.4, 0.5) is 13.2 Å². The number of rotatable bonds is 7. The highest BCUT2D eigenvalue weighted by atomic mass is 32.2. The summed E-state index contributed by atoms with van der Waals surface area (Å²) >= 11 is 0. The van der Waals surface area contributed by atoms with E-state index >= 15 is 0 Å². The van der Waals surface area contributed by atoms with Crippen molar-refractivity contribution < 1.29 is 40.0 Å². The van der Waals surface area contributed by atoms with Crippen molar-refractivity contribution in [2.45, 2.75) is 38.6 Å². The van der Waals surface area contributed by atoms with Crippen molar-refractivity contribution in [3.63, 3.8) is 0 Å². The van der Waals surface area contributed by atoms with Crippen LogP contribution in [0.15, 0.2) is 18.2 Å². The Morgan fingerprint density at radius 2 is 1.81 bits per heavy atom. The molecular formula is C17H19F3O6S. The van der Waals surface area contributed by atoms with Crippen molar-refractivity contribution in [1.29, 1.82) is 0 Å². The molecule has 0 atom stereocenters. The van der Waals surface area contributed by atoms with Crippen LogP contribution >= 0.6 is 0 Å². The number of allylic oxidation sites excluding steroid dienone is 2. The average molecular weight is 408 g/mol. The number of benzene rings is 1. The predicted octanol–water partition coefficient (Wildman–Crippen LogP) is 4.06. The van der Waals surface area contributed by atoms with Gasteiger partial charge in [-0.1, -0.05) is 6.08 Å². The number of esters is 1. The highest BCUT2D eigenvalue weighted by Crippen LogP contribution is 2.43. The number of hydrogen-bond acceptors (Lipinski definition) is 6. The first kappa shape index (κ1) is 21.1. The molecule has 0 aliphatic heterocycles. The minimum atomic E-state index is -5.92. The summed E-state index contributed by atoms with van der Waals surface area (Å²) in [7, 11) is -5.92. The fourth-order valence-electron chi connectivity index (χ4n) is 2.64. The largest absolute Gasteiger partial charge is 0.534 e. The number of halogens is 3. The van der Waals surface area contributed by atoms with E-state index in [0.717, 1.165) is 12.5 Å². The average Bonchev–Trinajstić information content (AvgIpc) is 3.07. The second kappa shape index (κ2) is 8.20. The fourth-order valence-corrected chi connectivity index (χ4v) is 3.10. The SMILES string of the molecule is CCOC(=O)c1cc(OCC)c(C2=CCCC2)c(OS(=O)(=O)C(F)(F)F)c1. The third kappa shape index (κ3) is 4.74. The summed E-state index contributed by atoms with van der Waals surface area (Å²) in [5.41, 5.74) is -5.09. The van der Waals surface area contributed by atoms with Crippen LogP contribution in [-0.2, 0) is 14.9 Å². The van der Waals surface area contributed by atoms with Gasteiger partial charge in [-0.25, -0.2) is 4.79 Å². The van der Waals surface area contributed by atoms with E-state index in [1.54, 1.807) is 19.9 Å². The van der Waals surface area contributed by atoms with Crippen LogP contribution < -0.4 is 8.92 Å². The van der Waals surface area contributed by atoms with E-state index in [4.69, 9.17) is 9.47 Å². The summed E-state index contributed by atoms with van der Waals surface area (Å²) in [4.78, 5) is 12.0. The normalized spacial score (nSPS) is 14.6. The van der Waals surface area contributed by atoms with Crippen LogP contribution in [0.1, 0.15) is 49.0 Å². The van der Waals surface area contributed by atoms with Gasteiger partial charge in [-0.05, 0) is 50.8 Å². The molecule has 0 unspecified atom stereocenters. The lowest BCUT2D eigenvalue weighted by molar-refractivity contribution is -0.0500. The van der Waals surface area contributed by atoms with E-state index in [1.807, 2.05) is 0 Å². The van der Waals surface area contributed by atoms with Gasteiger partial charge in [0.05, 0.1) is 24.3 Å². The van der Waals surface area contributed by atoms with Crippen LogP contribution in [0.2, 0.25) is 0 Å². The van der Waals surface area contributed by atoms with Gasteiger partial charge in [-0.3, -0.25) is 0 Å². The molecule has 150 valence electrons. The molecule has 1 aromatic rings. The number of hydrogen-bond donors (Lipinski definition) is 0. The summed E-state index contributed by atoms with van der Waals surface area (Å²) < 4.78 is 76.2. The zero-order chi connectivity index (χ0) is 20.2. The molecule has 0 aromatic heterocycles. The van der Waals surface area contributed by atoms with E-state index in [2.05, 4.69) is 4.18 Å². The van der Waals surface area contributed by atoms with E-state index in [0.29, 0.717) is 18.4 Å². The van der Waals surface area contributed by atoms with Gasteiger partial charge in [-0.15, -0.1) is 0 Å². The highest BCUT2D eigenvalue weighted by molar-refractivity contribution is 7.88. The van der Waals surface area contributed by atoms with Crippen LogP contribution in [0.5, 0.6) is 11.5 Å². The topological polar surface area (TPSA) is 78.9 Å². The summed E-state index contributed by atoms with van der Waals surface area (Å²) in [6.45, 7) is 3.40. The Balaban J connectivity index is 2.66. The van der Waals surface area contributed by atoms with Gasteiger partial charge in [0.15, 0.2) is 5.75 Å². The first-order valence-electron chi connectivity index (χ1n) is 8.28. The van der Waals surface area contributed by atoms with E-state index in [-0.39, 0.29) is 30.1 Å². The molecule has 0 radical (unpaired) electrons. The molecule has 0 amide bonds. The number of carbonyl (C=O) groups excluding carboxylic acids is 1. The van der Waals surface area contributed by atoms with Crippen LogP contribution in [0.25, 0.3) is 5.57 Å². The fraction of sp³-hybridized carbons (Fsp3) is 0.471. The van der Waals surface area contributed by atoms with E-state index in [1.165, 1.54) is 6.07 Å². The molecule has 0 bridgehead atoms. The first-order chi connectivity index (χ1) is 12.6. The van der Waals surface area contributed by atoms with Crippen LogP contribution in [0.3, 0.4) is 0 Å². The molecule has 0 spiro atoms. The summed E-state index contributed by atoms with van der Waals surface area (Å²) in [6, 6.07) is 2.24. The van der Waals surface area contributed by atoms with Gasteiger partial charge >= 0.3 is 21.6 Å². The highest BCUT2D eigenvalue weighted by Gasteiger charge is 2.49. The van der Waals surface area contributed by atoms with Crippen LogP contribution in [-0.4, -0.2) is 33.1 Å². The number of carbonyl (C=O) groups is 1. The van der Waals surface area contributed by atoms with E-state index in [9.17, 15) is 26.4 Å². The molecule has 0 heterocycles. The maximum atomic E-state index is 12.8. The minimum absolute atomic E-state index is 0.0345. The Kier molecular flexibility index (Phi) is 6.40. The lowest BCUT2D eigenvalue weighted by Crippen LogP contribution is -2.28. The van der Waals surface area contributed by atoms with Gasteiger partial charge in [0.25, 0.3) is 0 Å². The quantitative estimate of drug-likeness (QED) is 0.385. The van der Waals surface area contributed by atoms with Gasteiger partial charge in [-0.2, -0.15) is 21.6 Å². The third-order valence-electron chi connectivity index (χ3n) is 3.72. The number of alkyl halides is 3. The summed E-state index contributed by atoms with van der Waals surface area (Å²) in [5.74, 6) is -1.39. The lowest BCUT2D eigenvalue weighted by Gasteiger charge is -2.18. The molecule has 0 fully saturated rings. The molecule has 6 nitrogen and oxygen atoms in total. The van der Waals surface area contributed by atoms with Gasteiger partial charge in [0, 0.05) is 0 Å². The number of ether oxygens (including phenoxy) is 2. The molecule has 2 rings (SSSR count). The predicted molar refractivity (Wildman–Crippen MR) is 91.0 cm³/mol. The monoisotopic (exact) mass is 408 g/mol. The maximum absolute atomic E-state index is 12.8. The Labute approximate surface area is 155 Å². The third-order valence-corrected chi connectivity index (χ3v) is 4.69. The molecule has 0 saturated heterocycles. The van der Waals surface area contributed by atoms with Gasteiger partial charge < -0.3 is 13.7 Å². The van der Waals surface area contributed by atoms with Crippen molar-refractivity contribution in [3.8, 4) is 11.5 Å². The maximum Gasteiger partial charge on any atom is 0.534 e. The standard InChI is InChI=1S/C17H19F3O6S/c1-3-24-13-9-12(16(21)25-4-2)10-14(15(13)11-7-5-6-8-11)26-27(22,23)17(18,19)20/h7,9-10H,3-6,8H2,1-2H3. The molecule has 1 aliphatic rings. The first-order valence-corrected chi connectivity index (χ1v) is 9.69. The Morgan fingerprint density at radius 1 is 1.15 bits per heavy atom. The zero-order valence-electron chi connectivity index (χ0n) is 14.8. The molecule has 27 heavy (non-hydrogen) atoms. The van der Waals surface area contributed by atoms with Gasteiger partial charge in [0.1, 0.15) is 5.75 Å². The Hall–Kier alpha value is -2.23. The minimum Gasteiger partial charge on any atom is -0.493 e. The Morgan fingerprint density at radius 3 is 2.33 bits per heavy atom. The van der Waals surface area contributed by atoms with Crippen molar-refractivity contribution in [2.24, 2.45) is 0 Å². The smallest absolute Gasteiger partial charge is 0.493 e.